The first-order valence-electron chi connectivity index (χ1n) is 4.95. The highest BCUT2D eigenvalue weighted by atomic mass is 16.3. The van der Waals surface area contributed by atoms with E-state index < -0.39 is 17.4 Å². The average Bonchev–Trinajstić information content (AvgIpc) is 2.21. The molecule has 0 bridgehead atoms. The number of carbonyl (C=O) groups excluding carboxylic acids is 2. The molecule has 0 heterocycles. The van der Waals surface area contributed by atoms with Crippen LogP contribution in [0.3, 0.4) is 0 Å². The van der Waals surface area contributed by atoms with Crippen LogP contribution in [0.4, 0.5) is 5.69 Å². The maximum absolute atomic E-state index is 11.8. The monoisotopic (exact) mass is 237 g/mol. The zero-order valence-electron chi connectivity index (χ0n) is 9.65. The second-order valence-corrected chi connectivity index (χ2v) is 4.22. The number of phenolic OH excluding ortho intramolecular Hbond substituents is 1. The molecule has 0 saturated heterocycles. The van der Waals surface area contributed by atoms with Gasteiger partial charge in [0.05, 0.1) is 5.69 Å². The van der Waals surface area contributed by atoms with E-state index in [1.165, 1.54) is 32.0 Å². The largest absolute Gasteiger partial charge is 0.506 e. The minimum absolute atomic E-state index is 0.177. The number of nitrogen functional groups attached to an aromatic ring is 1. The number of hydrogen-bond donors (Lipinski definition) is 4. The molecule has 0 atom stereocenters. The van der Waals surface area contributed by atoms with Gasteiger partial charge in [0.15, 0.2) is 0 Å². The molecule has 1 aromatic rings. The van der Waals surface area contributed by atoms with Gasteiger partial charge in [0.1, 0.15) is 11.3 Å². The molecule has 0 aliphatic heterocycles. The number of hydrogen-bond acceptors (Lipinski definition) is 4. The number of benzene rings is 1. The summed E-state index contributed by atoms with van der Waals surface area (Å²) in [4.78, 5) is 22.8. The van der Waals surface area contributed by atoms with Gasteiger partial charge >= 0.3 is 0 Å². The van der Waals surface area contributed by atoms with Crippen LogP contribution in [0.25, 0.3) is 0 Å². The highest BCUT2D eigenvalue weighted by Gasteiger charge is 2.27. The first kappa shape index (κ1) is 12.8. The molecule has 0 saturated carbocycles. The van der Waals surface area contributed by atoms with Gasteiger partial charge in [-0.15, -0.1) is 0 Å². The number of phenols is 1. The Kier molecular flexibility index (Phi) is 3.26. The number of carbonyl (C=O) groups is 2. The molecule has 6 heteroatoms. The first-order chi connectivity index (χ1) is 7.74. The molecule has 6 N–H and O–H groups in total. The van der Waals surface area contributed by atoms with Crippen LogP contribution >= 0.6 is 0 Å². The van der Waals surface area contributed by atoms with Crippen molar-refractivity contribution < 1.29 is 14.7 Å². The van der Waals surface area contributed by atoms with Crippen molar-refractivity contribution in [2.45, 2.75) is 19.4 Å². The van der Waals surface area contributed by atoms with Gasteiger partial charge in [0.2, 0.25) is 5.91 Å². The summed E-state index contributed by atoms with van der Waals surface area (Å²) >= 11 is 0. The van der Waals surface area contributed by atoms with Crippen LogP contribution in [0.15, 0.2) is 18.2 Å². The maximum Gasteiger partial charge on any atom is 0.252 e. The Labute approximate surface area is 98.6 Å². The zero-order valence-corrected chi connectivity index (χ0v) is 9.65. The van der Waals surface area contributed by atoms with E-state index in [1.54, 1.807) is 0 Å². The Morgan fingerprint density at radius 2 is 1.94 bits per heavy atom. The predicted octanol–water partition coefficient (Wildman–Crippen LogP) is -0.0319. The number of nitrogens with two attached hydrogens (primary N) is 2. The molecule has 0 aliphatic rings. The fourth-order valence-corrected chi connectivity index (χ4v) is 1.10. The molecule has 0 spiro atoms. The Balaban J connectivity index is 2.91. The van der Waals surface area contributed by atoms with E-state index in [0.29, 0.717) is 0 Å². The van der Waals surface area contributed by atoms with Gasteiger partial charge in [0, 0.05) is 5.56 Å². The Morgan fingerprint density at radius 3 is 2.41 bits per heavy atom. The topological polar surface area (TPSA) is 118 Å². The van der Waals surface area contributed by atoms with E-state index in [1.807, 2.05) is 0 Å². The van der Waals surface area contributed by atoms with E-state index >= 15 is 0 Å². The van der Waals surface area contributed by atoms with E-state index in [0.717, 1.165) is 0 Å². The lowest BCUT2D eigenvalue weighted by Gasteiger charge is -2.22. The van der Waals surface area contributed by atoms with Crippen LogP contribution in [0, 0.1) is 0 Å². The van der Waals surface area contributed by atoms with E-state index in [4.69, 9.17) is 11.5 Å². The number of rotatable bonds is 3. The fourth-order valence-electron chi connectivity index (χ4n) is 1.10. The second kappa shape index (κ2) is 4.32. The minimum Gasteiger partial charge on any atom is -0.506 e. The van der Waals surface area contributed by atoms with Gasteiger partial charge in [-0.25, -0.2) is 0 Å². The lowest BCUT2D eigenvalue weighted by molar-refractivity contribution is -0.122. The number of nitrogens with one attached hydrogen (secondary N) is 1. The van der Waals surface area contributed by atoms with Crippen molar-refractivity contribution in [3.8, 4) is 5.75 Å². The molecule has 0 aromatic heterocycles. The number of amides is 2. The fraction of sp³-hybridized carbons (Fsp3) is 0.273. The number of aromatic hydroxyl groups is 1. The minimum atomic E-state index is -1.16. The summed E-state index contributed by atoms with van der Waals surface area (Å²) in [5, 5.41) is 11.8. The van der Waals surface area contributed by atoms with Gasteiger partial charge in [-0.1, -0.05) is 0 Å². The van der Waals surface area contributed by atoms with Crippen molar-refractivity contribution in [3.63, 3.8) is 0 Å². The Hall–Kier alpha value is -2.24. The summed E-state index contributed by atoms with van der Waals surface area (Å²) in [5.41, 5.74) is 9.75. The van der Waals surface area contributed by atoms with Crippen LogP contribution in [-0.2, 0) is 4.79 Å². The molecular weight excluding hydrogens is 222 g/mol. The third-order valence-corrected chi connectivity index (χ3v) is 2.33. The molecule has 17 heavy (non-hydrogen) atoms. The van der Waals surface area contributed by atoms with E-state index in [2.05, 4.69) is 5.32 Å². The molecule has 0 aliphatic carbocycles. The van der Waals surface area contributed by atoms with Crippen LogP contribution in [0.2, 0.25) is 0 Å². The summed E-state index contributed by atoms with van der Waals surface area (Å²) in [6.07, 6.45) is 0. The molecule has 2 amide bonds. The standard InChI is InChI=1S/C11H15N3O3/c1-11(2,10(13)17)14-9(16)6-3-4-7(12)8(15)5-6/h3-5,15H,12H2,1-2H3,(H2,13,17)(H,14,16). The highest BCUT2D eigenvalue weighted by Crippen LogP contribution is 2.20. The SMILES string of the molecule is CC(C)(NC(=O)c1ccc(N)c(O)c1)C(N)=O. The molecule has 1 rings (SSSR count). The average molecular weight is 237 g/mol. The summed E-state index contributed by atoms with van der Waals surface area (Å²) in [7, 11) is 0. The van der Waals surface area contributed by atoms with Crippen LogP contribution in [0.5, 0.6) is 5.75 Å². The normalized spacial score (nSPS) is 10.9. The van der Waals surface area contributed by atoms with Gasteiger partial charge in [0.25, 0.3) is 5.91 Å². The molecule has 1 aromatic carbocycles. The predicted molar refractivity (Wildman–Crippen MR) is 63.3 cm³/mol. The quantitative estimate of drug-likeness (QED) is 0.436. The van der Waals surface area contributed by atoms with Crippen molar-refractivity contribution in [1.82, 2.24) is 5.32 Å². The summed E-state index contributed by atoms with van der Waals surface area (Å²) < 4.78 is 0. The second-order valence-electron chi connectivity index (χ2n) is 4.22. The molecule has 0 radical (unpaired) electrons. The smallest absolute Gasteiger partial charge is 0.252 e. The van der Waals surface area contributed by atoms with Crippen molar-refractivity contribution in [3.05, 3.63) is 23.8 Å². The highest BCUT2D eigenvalue weighted by molar-refractivity contribution is 5.99. The van der Waals surface area contributed by atoms with Gasteiger partial charge in [-0.05, 0) is 32.0 Å². The van der Waals surface area contributed by atoms with Crippen LogP contribution in [0.1, 0.15) is 24.2 Å². The van der Waals surface area contributed by atoms with E-state index in [-0.39, 0.29) is 17.0 Å². The molecular formula is C11H15N3O3. The summed E-state index contributed by atoms with van der Waals surface area (Å²) in [5.74, 6) is -1.34. The Morgan fingerprint density at radius 1 is 1.35 bits per heavy atom. The van der Waals surface area contributed by atoms with Crippen molar-refractivity contribution in [1.29, 1.82) is 0 Å². The lowest BCUT2D eigenvalue weighted by atomic mass is 10.0. The maximum atomic E-state index is 11.8. The van der Waals surface area contributed by atoms with Crippen molar-refractivity contribution in [2.24, 2.45) is 5.73 Å². The lowest BCUT2D eigenvalue weighted by Crippen LogP contribution is -2.52. The third-order valence-electron chi connectivity index (χ3n) is 2.33. The molecule has 0 fully saturated rings. The summed E-state index contributed by atoms with van der Waals surface area (Å²) in [6.45, 7) is 2.98. The van der Waals surface area contributed by atoms with Gasteiger partial charge in [-0.3, -0.25) is 9.59 Å². The summed E-state index contributed by atoms with van der Waals surface area (Å²) in [6, 6.07) is 4.07. The third kappa shape index (κ3) is 2.87. The molecule has 92 valence electrons. The van der Waals surface area contributed by atoms with Crippen molar-refractivity contribution >= 4 is 17.5 Å². The molecule has 6 nitrogen and oxygen atoms in total. The Bertz CT molecular complexity index is 469. The van der Waals surface area contributed by atoms with Crippen molar-refractivity contribution in [2.75, 3.05) is 5.73 Å². The van der Waals surface area contributed by atoms with Gasteiger partial charge in [-0.2, -0.15) is 0 Å². The van der Waals surface area contributed by atoms with Crippen LogP contribution in [-0.4, -0.2) is 22.5 Å². The van der Waals surface area contributed by atoms with E-state index in [9.17, 15) is 14.7 Å². The zero-order chi connectivity index (χ0) is 13.2. The van der Waals surface area contributed by atoms with Gasteiger partial charge < -0.3 is 21.9 Å². The first-order valence-corrected chi connectivity index (χ1v) is 4.95. The number of primary amides is 1. The molecule has 0 unspecified atom stereocenters. The number of anilines is 1. The van der Waals surface area contributed by atoms with Crippen LogP contribution < -0.4 is 16.8 Å².